The summed E-state index contributed by atoms with van der Waals surface area (Å²) in [6.07, 6.45) is 0.677. The SMILES string of the molecule is Cc1ccc(C)c(CS(=O)(=O)C(C)C(=O)NCCc2ccccc2)c1. The van der Waals surface area contributed by atoms with Gasteiger partial charge in [0.25, 0.3) is 0 Å². The van der Waals surface area contributed by atoms with E-state index in [1.54, 1.807) is 0 Å². The minimum atomic E-state index is -3.56. The molecule has 25 heavy (non-hydrogen) atoms. The summed E-state index contributed by atoms with van der Waals surface area (Å²) in [7, 11) is -3.56. The van der Waals surface area contributed by atoms with Crippen molar-refractivity contribution in [2.75, 3.05) is 6.54 Å². The molecule has 1 unspecified atom stereocenters. The molecule has 0 bridgehead atoms. The third-order valence-corrected chi connectivity index (χ3v) is 6.33. The highest BCUT2D eigenvalue weighted by molar-refractivity contribution is 7.92. The first-order valence-corrected chi connectivity index (χ1v) is 10.1. The maximum atomic E-state index is 12.6. The third kappa shape index (κ3) is 5.43. The van der Waals surface area contributed by atoms with Crippen LogP contribution in [0.2, 0.25) is 0 Å². The molecule has 2 aromatic carbocycles. The average molecular weight is 359 g/mol. The van der Waals surface area contributed by atoms with Gasteiger partial charge in [0, 0.05) is 6.54 Å². The Morgan fingerprint density at radius 2 is 1.76 bits per heavy atom. The van der Waals surface area contributed by atoms with Crippen LogP contribution in [0.15, 0.2) is 48.5 Å². The number of sulfone groups is 1. The van der Waals surface area contributed by atoms with E-state index in [0.29, 0.717) is 13.0 Å². The Morgan fingerprint density at radius 3 is 2.44 bits per heavy atom. The summed E-state index contributed by atoms with van der Waals surface area (Å²) >= 11 is 0. The smallest absolute Gasteiger partial charge is 0.238 e. The molecule has 0 aliphatic carbocycles. The van der Waals surface area contributed by atoms with Crippen LogP contribution in [-0.2, 0) is 26.8 Å². The molecule has 0 fully saturated rings. The van der Waals surface area contributed by atoms with E-state index in [2.05, 4.69) is 5.32 Å². The van der Waals surface area contributed by atoms with Gasteiger partial charge in [-0.25, -0.2) is 8.42 Å². The number of hydrogen-bond acceptors (Lipinski definition) is 3. The maximum absolute atomic E-state index is 12.6. The van der Waals surface area contributed by atoms with E-state index < -0.39 is 21.0 Å². The predicted molar refractivity (Wildman–Crippen MR) is 101 cm³/mol. The first kappa shape index (κ1) is 19.2. The quantitative estimate of drug-likeness (QED) is 0.827. The lowest BCUT2D eigenvalue weighted by Gasteiger charge is -2.15. The van der Waals surface area contributed by atoms with E-state index >= 15 is 0 Å². The van der Waals surface area contributed by atoms with Gasteiger partial charge in [-0.3, -0.25) is 4.79 Å². The van der Waals surface area contributed by atoms with E-state index in [-0.39, 0.29) is 5.75 Å². The van der Waals surface area contributed by atoms with Crippen molar-refractivity contribution < 1.29 is 13.2 Å². The largest absolute Gasteiger partial charge is 0.355 e. The van der Waals surface area contributed by atoms with Crippen molar-refractivity contribution >= 4 is 15.7 Å². The predicted octanol–water partition coefficient (Wildman–Crippen LogP) is 2.97. The fourth-order valence-corrected chi connectivity index (χ4v) is 3.98. The Bertz CT molecular complexity index is 829. The minimum absolute atomic E-state index is 0.117. The van der Waals surface area contributed by atoms with Crippen LogP contribution in [0.3, 0.4) is 0 Å². The van der Waals surface area contributed by atoms with Crippen LogP contribution < -0.4 is 5.32 Å². The fourth-order valence-electron chi connectivity index (χ4n) is 2.58. The molecular formula is C20H25NO3S. The zero-order valence-electron chi connectivity index (χ0n) is 15.0. The molecule has 0 saturated carbocycles. The van der Waals surface area contributed by atoms with Crippen molar-refractivity contribution in [3.05, 3.63) is 70.8 Å². The molecule has 2 rings (SSSR count). The molecule has 1 N–H and O–H groups in total. The molecule has 0 radical (unpaired) electrons. The molecule has 0 aromatic heterocycles. The van der Waals surface area contributed by atoms with Gasteiger partial charge in [0.2, 0.25) is 5.91 Å². The molecule has 0 aliphatic heterocycles. The summed E-state index contributed by atoms with van der Waals surface area (Å²) in [6, 6.07) is 15.5. The van der Waals surface area contributed by atoms with Gasteiger partial charge in [0.05, 0.1) is 5.75 Å². The Labute approximate surface area is 150 Å². The standard InChI is InChI=1S/C20H25NO3S/c1-15-9-10-16(2)19(13-15)14-25(23,24)17(3)20(22)21-12-11-18-7-5-4-6-8-18/h4-10,13,17H,11-12,14H2,1-3H3,(H,21,22). The van der Waals surface area contributed by atoms with Crippen molar-refractivity contribution in [2.45, 2.75) is 38.2 Å². The van der Waals surface area contributed by atoms with Gasteiger partial charge in [0.1, 0.15) is 5.25 Å². The Morgan fingerprint density at radius 1 is 1.08 bits per heavy atom. The van der Waals surface area contributed by atoms with Crippen LogP contribution in [0.1, 0.15) is 29.2 Å². The fraction of sp³-hybridized carbons (Fsp3) is 0.350. The lowest BCUT2D eigenvalue weighted by atomic mass is 10.1. The molecule has 0 spiro atoms. The highest BCUT2D eigenvalue weighted by atomic mass is 32.2. The van der Waals surface area contributed by atoms with Gasteiger partial charge < -0.3 is 5.32 Å². The molecule has 134 valence electrons. The van der Waals surface area contributed by atoms with E-state index in [0.717, 1.165) is 22.3 Å². The van der Waals surface area contributed by atoms with E-state index in [9.17, 15) is 13.2 Å². The van der Waals surface area contributed by atoms with Crippen molar-refractivity contribution in [2.24, 2.45) is 0 Å². The number of hydrogen-bond donors (Lipinski definition) is 1. The lowest BCUT2D eigenvalue weighted by molar-refractivity contribution is -0.120. The molecular weight excluding hydrogens is 334 g/mol. The first-order valence-electron chi connectivity index (χ1n) is 8.39. The van der Waals surface area contributed by atoms with Gasteiger partial charge >= 0.3 is 0 Å². The second-order valence-electron chi connectivity index (χ2n) is 6.41. The lowest BCUT2D eigenvalue weighted by Crippen LogP contribution is -2.39. The number of aryl methyl sites for hydroxylation is 2. The Kier molecular flexibility index (Phi) is 6.37. The average Bonchev–Trinajstić information content (AvgIpc) is 2.58. The van der Waals surface area contributed by atoms with Crippen LogP contribution in [0, 0.1) is 13.8 Å². The summed E-state index contributed by atoms with van der Waals surface area (Å²) in [5, 5.41) is 1.66. The van der Waals surface area contributed by atoms with Crippen molar-refractivity contribution in [1.29, 1.82) is 0 Å². The number of carbonyl (C=O) groups excluding carboxylic acids is 1. The number of nitrogens with one attached hydrogen (secondary N) is 1. The molecule has 1 atom stereocenters. The van der Waals surface area contributed by atoms with Gasteiger partial charge in [0.15, 0.2) is 9.84 Å². The molecule has 2 aromatic rings. The summed E-state index contributed by atoms with van der Waals surface area (Å²) in [6.45, 7) is 5.69. The van der Waals surface area contributed by atoms with Crippen LogP contribution in [0.4, 0.5) is 0 Å². The van der Waals surface area contributed by atoms with E-state index in [1.165, 1.54) is 6.92 Å². The molecule has 1 amide bonds. The Balaban J connectivity index is 1.96. The Hall–Kier alpha value is -2.14. The van der Waals surface area contributed by atoms with Gasteiger partial charge in [-0.1, -0.05) is 54.1 Å². The van der Waals surface area contributed by atoms with Crippen molar-refractivity contribution in [3.8, 4) is 0 Å². The van der Waals surface area contributed by atoms with Crippen LogP contribution in [-0.4, -0.2) is 26.1 Å². The minimum Gasteiger partial charge on any atom is -0.355 e. The zero-order valence-corrected chi connectivity index (χ0v) is 15.8. The normalized spacial score (nSPS) is 12.6. The molecule has 4 nitrogen and oxygen atoms in total. The van der Waals surface area contributed by atoms with Crippen LogP contribution in [0.25, 0.3) is 0 Å². The summed E-state index contributed by atoms with van der Waals surface area (Å²) in [4.78, 5) is 12.2. The molecule has 0 heterocycles. The van der Waals surface area contributed by atoms with Gasteiger partial charge in [-0.05, 0) is 43.9 Å². The highest BCUT2D eigenvalue weighted by Crippen LogP contribution is 2.17. The number of carbonyl (C=O) groups is 1. The number of rotatable bonds is 7. The monoisotopic (exact) mass is 359 g/mol. The van der Waals surface area contributed by atoms with Crippen LogP contribution in [0.5, 0.6) is 0 Å². The van der Waals surface area contributed by atoms with Crippen LogP contribution >= 0.6 is 0 Å². The number of amides is 1. The van der Waals surface area contributed by atoms with E-state index in [1.807, 2.05) is 62.4 Å². The molecule has 0 saturated heterocycles. The summed E-state index contributed by atoms with van der Waals surface area (Å²) in [5.41, 5.74) is 3.79. The molecule has 5 heteroatoms. The summed E-state index contributed by atoms with van der Waals surface area (Å²) < 4.78 is 25.2. The first-order chi connectivity index (χ1) is 11.8. The zero-order chi connectivity index (χ0) is 18.4. The van der Waals surface area contributed by atoms with Crippen molar-refractivity contribution in [1.82, 2.24) is 5.32 Å². The van der Waals surface area contributed by atoms with Gasteiger partial charge in [-0.15, -0.1) is 0 Å². The van der Waals surface area contributed by atoms with Gasteiger partial charge in [-0.2, -0.15) is 0 Å². The number of benzene rings is 2. The second kappa shape index (κ2) is 8.30. The highest BCUT2D eigenvalue weighted by Gasteiger charge is 2.28. The third-order valence-electron chi connectivity index (χ3n) is 4.32. The maximum Gasteiger partial charge on any atom is 0.238 e. The molecule has 0 aliphatic rings. The van der Waals surface area contributed by atoms with E-state index in [4.69, 9.17) is 0 Å². The topological polar surface area (TPSA) is 63.2 Å². The summed E-state index contributed by atoms with van der Waals surface area (Å²) in [5.74, 6) is -0.561. The van der Waals surface area contributed by atoms with Crippen molar-refractivity contribution in [3.63, 3.8) is 0 Å². The second-order valence-corrected chi connectivity index (χ2v) is 8.73.